The molecule has 0 unspecified atom stereocenters. The van der Waals surface area contributed by atoms with Gasteiger partial charge in [0.25, 0.3) is 0 Å². The maximum atomic E-state index is 7.40. The van der Waals surface area contributed by atoms with E-state index in [2.05, 4.69) is 0 Å². The van der Waals surface area contributed by atoms with E-state index in [9.17, 15) is 0 Å². The molecular weight excluding hydrogens is 155 g/mol. The maximum Gasteiger partial charge on any atom is 0.0639 e. The molecule has 1 aromatic carbocycles. The highest BCUT2D eigenvalue weighted by atomic mass is 35.5. The van der Waals surface area contributed by atoms with Crippen LogP contribution in [0.3, 0.4) is 0 Å². The van der Waals surface area contributed by atoms with Crippen molar-refractivity contribution in [2.75, 3.05) is 0 Å². The van der Waals surface area contributed by atoms with Crippen molar-refractivity contribution in [1.29, 1.82) is 0 Å². The third-order valence-corrected chi connectivity index (χ3v) is 1.24. The molecule has 48 valence electrons. The molecule has 0 nitrogen and oxygen atoms in total. The van der Waals surface area contributed by atoms with Crippen LogP contribution < -0.4 is 0 Å². The fourth-order valence-corrected chi connectivity index (χ4v) is 0.642. The minimum atomic E-state index is -2.13. The van der Waals surface area contributed by atoms with Gasteiger partial charge in [-0.1, -0.05) is 23.7 Å². The van der Waals surface area contributed by atoms with Gasteiger partial charge in [-0.15, -0.1) is 11.6 Å². The van der Waals surface area contributed by atoms with E-state index >= 15 is 0 Å². The van der Waals surface area contributed by atoms with E-state index in [1.54, 1.807) is 0 Å². The fourth-order valence-electron chi connectivity index (χ4n) is 0.422. The van der Waals surface area contributed by atoms with Crippen LogP contribution in [0, 0.1) is 0 Å². The van der Waals surface area contributed by atoms with Crippen molar-refractivity contribution in [3.05, 3.63) is 34.8 Å². The summed E-state index contributed by atoms with van der Waals surface area (Å²) in [4.78, 5) is 0. The van der Waals surface area contributed by atoms with Crippen molar-refractivity contribution in [3.8, 4) is 0 Å². The second kappa shape index (κ2) is 3.09. The summed E-state index contributed by atoms with van der Waals surface area (Å²) in [6, 6.07) is 2.20. The second-order valence-electron chi connectivity index (χ2n) is 1.44. The first-order valence-corrected chi connectivity index (χ1v) is 3.04. The topological polar surface area (TPSA) is 0 Å². The maximum absolute atomic E-state index is 7.40. The van der Waals surface area contributed by atoms with E-state index in [1.165, 1.54) is 12.1 Å². The molecule has 0 amide bonds. The van der Waals surface area contributed by atoms with Crippen molar-refractivity contribution in [2.45, 2.75) is 5.83 Å². The standard InChI is InChI=1S/C7H6Cl2/c8-5-6-1-3-7(9)4-2-6/h1-4H,5H2/i1D,3D,5D2. The van der Waals surface area contributed by atoms with Gasteiger partial charge in [0, 0.05) is 13.6 Å². The Morgan fingerprint density at radius 2 is 2.33 bits per heavy atom. The minimum Gasteiger partial charge on any atom is -0.122 e. The summed E-state index contributed by atoms with van der Waals surface area (Å²) in [5, 5.41) is 0.120. The lowest BCUT2D eigenvalue weighted by atomic mass is 10.2. The van der Waals surface area contributed by atoms with E-state index in [1.807, 2.05) is 0 Å². The minimum absolute atomic E-state index is 0.0384. The molecule has 0 bridgehead atoms. The van der Waals surface area contributed by atoms with Crippen molar-refractivity contribution in [2.24, 2.45) is 0 Å². The summed E-state index contributed by atoms with van der Waals surface area (Å²) in [5.74, 6) is -2.13. The van der Waals surface area contributed by atoms with Gasteiger partial charge >= 0.3 is 0 Å². The Bertz CT molecular complexity index is 332. The molecule has 0 aliphatic rings. The Morgan fingerprint density at radius 3 is 3.00 bits per heavy atom. The van der Waals surface area contributed by atoms with E-state index in [4.69, 9.17) is 28.7 Å². The first-order chi connectivity index (χ1) is 5.84. The molecule has 0 aliphatic heterocycles. The molecular formula is C7H6Cl2. The van der Waals surface area contributed by atoms with Crippen LogP contribution in [0.2, 0.25) is 5.02 Å². The number of benzene rings is 1. The Morgan fingerprint density at radius 1 is 1.56 bits per heavy atom. The normalized spacial score (nSPS) is 17.6. The SMILES string of the molecule is [2H]c1c(Cl)ccc(C([2H])([2H])Cl)c1[2H]. The summed E-state index contributed by atoms with van der Waals surface area (Å²) < 4.78 is 29.0. The third-order valence-electron chi connectivity index (χ3n) is 0.815. The van der Waals surface area contributed by atoms with Crippen LogP contribution in [0.5, 0.6) is 0 Å². The van der Waals surface area contributed by atoms with Gasteiger partial charge in [0.15, 0.2) is 0 Å². The number of rotatable bonds is 1. The average molecular weight is 165 g/mol. The number of hydrogen-bond donors (Lipinski definition) is 0. The Hall–Kier alpha value is -0.200. The predicted molar refractivity (Wildman–Crippen MR) is 41.0 cm³/mol. The van der Waals surface area contributed by atoms with Crippen molar-refractivity contribution < 1.29 is 5.48 Å². The summed E-state index contributed by atoms with van der Waals surface area (Å²) >= 11 is 10.9. The van der Waals surface area contributed by atoms with Crippen LogP contribution >= 0.6 is 23.2 Å². The first-order valence-electron chi connectivity index (χ1n) is 4.29. The van der Waals surface area contributed by atoms with Crippen LogP contribution in [-0.4, -0.2) is 0 Å². The Kier molecular flexibility index (Phi) is 1.12. The zero-order chi connectivity index (χ0) is 10.2. The Labute approximate surface area is 70.0 Å². The lowest BCUT2D eigenvalue weighted by Crippen LogP contribution is -1.73. The third kappa shape index (κ3) is 1.88. The van der Waals surface area contributed by atoms with E-state index in [-0.39, 0.29) is 22.7 Å². The van der Waals surface area contributed by atoms with Crippen molar-refractivity contribution in [1.82, 2.24) is 0 Å². The zero-order valence-electron chi connectivity index (χ0n) is 8.41. The highest BCUT2D eigenvalue weighted by molar-refractivity contribution is 6.30. The van der Waals surface area contributed by atoms with E-state index in [0.717, 1.165) is 0 Å². The lowest BCUT2D eigenvalue weighted by molar-refractivity contribution is 1.40. The van der Waals surface area contributed by atoms with Crippen LogP contribution in [0.1, 0.15) is 11.0 Å². The van der Waals surface area contributed by atoms with Gasteiger partial charge in [-0.05, 0) is 17.7 Å². The van der Waals surface area contributed by atoms with Crippen LogP contribution in [0.25, 0.3) is 0 Å². The van der Waals surface area contributed by atoms with Gasteiger partial charge in [0.05, 0.1) is 2.74 Å². The van der Waals surface area contributed by atoms with E-state index < -0.39 is 5.83 Å². The highest BCUT2D eigenvalue weighted by Gasteiger charge is 1.87. The summed E-state index contributed by atoms with van der Waals surface area (Å²) in [5.41, 5.74) is -0.0384. The lowest BCUT2D eigenvalue weighted by Gasteiger charge is -1.91. The monoisotopic (exact) mass is 164 g/mol. The van der Waals surface area contributed by atoms with Gasteiger partial charge in [-0.2, -0.15) is 0 Å². The molecule has 2 heteroatoms. The molecule has 1 aromatic rings. The zero-order valence-corrected chi connectivity index (χ0v) is 5.92. The van der Waals surface area contributed by atoms with Crippen LogP contribution in [0.15, 0.2) is 24.2 Å². The molecule has 1 rings (SSSR count). The predicted octanol–water partition coefficient (Wildman–Crippen LogP) is 3.08. The molecule has 9 heavy (non-hydrogen) atoms. The van der Waals surface area contributed by atoms with E-state index in [0.29, 0.717) is 0 Å². The van der Waals surface area contributed by atoms with Gasteiger partial charge in [-0.25, -0.2) is 0 Å². The summed E-state index contributed by atoms with van der Waals surface area (Å²) in [6.07, 6.45) is 0. The smallest absolute Gasteiger partial charge is 0.0639 e. The molecule has 0 heterocycles. The number of halogens is 2. The number of alkyl halides is 1. The molecule has 0 saturated carbocycles. The second-order valence-corrected chi connectivity index (χ2v) is 2.04. The molecule has 0 atom stereocenters. The molecule has 0 saturated heterocycles. The van der Waals surface area contributed by atoms with Gasteiger partial charge in [0.2, 0.25) is 0 Å². The molecule has 0 aromatic heterocycles. The van der Waals surface area contributed by atoms with Gasteiger partial charge in [-0.3, -0.25) is 0 Å². The molecule has 0 fully saturated rings. The van der Waals surface area contributed by atoms with Gasteiger partial charge in [0.1, 0.15) is 0 Å². The highest BCUT2D eigenvalue weighted by Crippen LogP contribution is 2.10. The average Bonchev–Trinajstić information content (AvgIpc) is 1.98. The quantitative estimate of drug-likeness (QED) is 0.561. The molecule has 0 radical (unpaired) electrons. The van der Waals surface area contributed by atoms with Gasteiger partial charge < -0.3 is 0 Å². The summed E-state index contributed by atoms with van der Waals surface area (Å²) in [6.45, 7) is 0. The molecule has 0 spiro atoms. The summed E-state index contributed by atoms with van der Waals surface area (Å²) in [7, 11) is 0. The number of hydrogen-bond acceptors (Lipinski definition) is 0. The first kappa shape index (κ1) is 3.27. The molecule has 0 aliphatic carbocycles. The van der Waals surface area contributed by atoms with Crippen LogP contribution in [-0.2, 0) is 5.83 Å². The Balaban J connectivity index is 3.35. The largest absolute Gasteiger partial charge is 0.122 e. The fraction of sp³-hybridized carbons (Fsp3) is 0.143. The van der Waals surface area contributed by atoms with Crippen molar-refractivity contribution >= 4 is 23.2 Å². The molecule has 0 N–H and O–H groups in total. The van der Waals surface area contributed by atoms with Crippen molar-refractivity contribution in [3.63, 3.8) is 0 Å². The van der Waals surface area contributed by atoms with Crippen LogP contribution in [0.4, 0.5) is 0 Å².